The van der Waals surface area contributed by atoms with Crippen molar-refractivity contribution in [3.8, 4) is 5.75 Å². The number of benzene rings is 7. The average molecular weight is 330 g/mol. The van der Waals surface area contributed by atoms with Gasteiger partial charge in [0.15, 0.2) is 0 Å². The summed E-state index contributed by atoms with van der Waals surface area (Å²) in [7, 11) is 1.77. The fourth-order valence-electron chi connectivity index (χ4n) is 5.12. The van der Waals surface area contributed by atoms with Crippen LogP contribution in [0.5, 0.6) is 5.75 Å². The standard InChI is InChI=1S/C25H14O/c1-26-19-12-17-9-8-15-5-3-13-2-4-14-6-7-16-10-11-18(19)25-23(16)21(14)20(13)22(15)24(17)25/h2-12H,1H3. The largest absolute Gasteiger partial charge is 0.496 e. The van der Waals surface area contributed by atoms with E-state index >= 15 is 0 Å². The molecule has 120 valence electrons. The number of ether oxygens (including phenoxy) is 1. The Labute approximate surface area is 149 Å². The van der Waals surface area contributed by atoms with Crippen LogP contribution in [-0.4, -0.2) is 7.11 Å². The SMILES string of the molecule is COc1cc2ccc3ccc4ccc5ccc6ccc1c1c6c5c4c3c21. The molecule has 0 aliphatic rings. The normalized spacial score (nSPS) is 12.8. The maximum Gasteiger partial charge on any atom is 0.127 e. The van der Waals surface area contributed by atoms with Crippen LogP contribution in [-0.2, 0) is 0 Å². The zero-order valence-electron chi connectivity index (χ0n) is 14.3. The maximum absolute atomic E-state index is 5.77. The highest BCUT2D eigenvalue weighted by Crippen LogP contribution is 2.49. The molecule has 0 radical (unpaired) electrons. The molecular weight excluding hydrogens is 316 g/mol. The van der Waals surface area contributed by atoms with E-state index in [1.165, 1.54) is 64.6 Å². The van der Waals surface area contributed by atoms with Crippen LogP contribution in [0.4, 0.5) is 0 Å². The fourth-order valence-corrected chi connectivity index (χ4v) is 5.12. The van der Waals surface area contributed by atoms with E-state index in [-0.39, 0.29) is 0 Å². The summed E-state index contributed by atoms with van der Waals surface area (Å²) in [6.07, 6.45) is 0. The number of methoxy groups -OCH3 is 1. The zero-order chi connectivity index (χ0) is 17.0. The molecule has 0 amide bonds. The van der Waals surface area contributed by atoms with E-state index in [9.17, 15) is 0 Å². The Hall–Kier alpha value is -3.32. The van der Waals surface area contributed by atoms with Crippen LogP contribution in [0.1, 0.15) is 0 Å². The minimum atomic E-state index is 0.956. The van der Waals surface area contributed by atoms with Crippen LogP contribution >= 0.6 is 0 Å². The minimum absolute atomic E-state index is 0.956. The van der Waals surface area contributed by atoms with Gasteiger partial charge in [0.25, 0.3) is 0 Å². The molecule has 26 heavy (non-hydrogen) atoms. The van der Waals surface area contributed by atoms with Gasteiger partial charge in [-0.15, -0.1) is 0 Å². The Morgan fingerprint density at radius 3 is 1.35 bits per heavy atom. The maximum atomic E-state index is 5.77. The lowest BCUT2D eigenvalue weighted by atomic mass is 9.83. The highest BCUT2D eigenvalue weighted by atomic mass is 16.5. The molecule has 0 atom stereocenters. The van der Waals surface area contributed by atoms with Gasteiger partial charge in [-0.05, 0) is 66.0 Å². The molecule has 0 N–H and O–H groups in total. The first-order valence-electron chi connectivity index (χ1n) is 8.99. The van der Waals surface area contributed by atoms with Gasteiger partial charge in [-0.25, -0.2) is 0 Å². The van der Waals surface area contributed by atoms with E-state index < -0.39 is 0 Å². The van der Waals surface area contributed by atoms with Crippen molar-refractivity contribution in [2.75, 3.05) is 7.11 Å². The Kier molecular flexibility index (Phi) is 2.03. The summed E-state index contributed by atoms with van der Waals surface area (Å²) < 4.78 is 5.77. The van der Waals surface area contributed by atoms with Crippen molar-refractivity contribution >= 4 is 64.6 Å². The van der Waals surface area contributed by atoms with Gasteiger partial charge in [-0.2, -0.15) is 0 Å². The summed E-state index contributed by atoms with van der Waals surface area (Å²) in [6.45, 7) is 0. The van der Waals surface area contributed by atoms with Crippen molar-refractivity contribution in [1.29, 1.82) is 0 Å². The molecule has 0 aliphatic heterocycles. The van der Waals surface area contributed by atoms with E-state index in [0.717, 1.165) is 5.75 Å². The molecule has 7 aromatic carbocycles. The van der Waals surface area contributed by atoms with Gasteiger partial charge in [0.1, 0.15) is 5.75 Å². The molecule has 0 bridgehead atoms. The van der Waals surface area contributed by atoms with Gasteiger partial charge in [-0.3, -0.25) is 0 Å². The average Bonchev–Trinajstić information content (AvgIpc) is 2.71. The molecule has 7 aromatic rings. The first-order valence-corrected chi connectivity index (χ1v) is 8.99. The summed E-state index contributed by atoms with van der Waals surface area (Å²) in [5.74, 6) is 0.956. The molecular formula is C25H14O. The Balaban J connectivity index is 2.05. The van der Waals surface area contributed by atoms with Gasteiger partial charge in [0, 0.05) is 10.8 Å². The molecule has 0 spiro atoms. The monoisotopic (exact) mass is 330 g/mol. The second kappa shape index (κ2) is 4.08. The lowest BCUT2D eigenvalue weighted by Crippen LogP contribution is -1.94. The molecule has 0 saturated carbocycles. The van der Waals surface area contributed by atoms with Gasteiger partial charge < -0.3 is 4.74 Å². The Bertz CT molecular complexity index is 1550. The highest BCUT2D eigenvalue weighted by molar-refractivity contribution is 6.44. The summed E-state index contributed by atoms with van der Waals surface area (Å²) in [5, 5.41) is 16.0. The van der Waals surface area contributed by atoms with Crippen molar-refractivity contribution in [2.24, 2.45) is 0 Å². The van der Waals surface area contributed by atoms with Crippen molar-refractivity contribution < 1.29 is 4.74 Å². The third-order valence-electron chi connectivity index (χ3n) is 6.18. The van der Waals surface area contributed by atoms with E-state index in [0.29, 0.717) is 0 Å². The quantitative estimate of drug-likeness (QED) is 0.234. The summed E-state index contributed by atoms with van der Waals surface area (Å²) in [4.78, 5) is 0. The molecule has 7 rings (SSSR count). The van der Waals surface area contributed by atoms with Gasteiger partial charge in [0.05, 0.1) is 7.11 Å². The second-order valence-corrected chi connectivity index (χ2v) is 7.32. The third kappa shape index (κ3) is 1.26. The molecule has 0 saturated heterocycles. The Morgan fingerprint density at radius 2 is 0.846 bits per heavy atom. The smallest absolute Gasteiger partial charge is 0.127 e. The number of hydrogen-bond donors (Lipinski definition) is 0. The highest BCUT2D eigenvalue weighted by Gasteiger charge is 2.21. The lowest BCUT2D eigenvalue weighted by molar-refractivity contribution is 0.420. The molecule has 0 aliphatic carbocycles. The summed E-state index contributed by atoms with van der Waals surface area (Å²) >= 11 is 0. The summed E-state index contributed by atoms with van der Waals surface area (Å²) in [6, 6.07) is 24.7. The van der Waals surface area contributed by atoms with E-state index in [2.05, 4.69) is 66.7 Å². The lowest BCUT2D eigenvalue weighted by Gasteiger charge is -2.21. The number of rotatable bonds is 1. The fraction of sp³-hybridized carbons (Fsp3) is 0.0400. The molecule has 0 fully saturated rings. The van der Waals surface area contributed by atoms with Gasteiger partial charge in [-0.1, -0.05) is 54.6 Å². The van der Waals surface area contributed by atoms with Gasteiger partial charge >= 0.3 is 0 Å². The van der Waals surface area contributed by atoms with Crippen LogP contribution in [0.25, 0.3) is 64.6 Å². The molecule has 0 heterocycles. The van der Waals surface area contributed by atoms with Crippen molar-refractivity contribution in [1.82, 2.24) is 0 Å². The number of hydrogen-bond acceptors (Lipinski definition) is 1. The van der Waals surface area contributed by atoms with Crippen molar-refractivity contribution in [3.63, 3.8) is 0 Å². The molecule has 1 heteroatoms. The van der Waals surface area contributed by atoms with Crippen LogP contribution < -0.4 is 4.74 Å². The van der Waals surface area contributed by atoms with Crippen molar-refractivity contribution in [2.45, 2.75) is 0 Å². The van der Waals surface area contributed by atoms with Crippen LogP contribution in [0, 0.1) is 0 Å². The topological polar surface area (TPSA) is 9.23 Å². The molecule has 1 nitrogen and oxygen atoms in total. The van der Waals surface area contributed by atoms with E-state index in [1.807, 2.05) is 0 Å². The molecule has 0 aromatic heterocycles. The van der Waals surface area contributed by atoms with Crippen LogP contribution in [0.15, 0.2) is 66.7 Å². The first-order chi connectivity index (χ1) is 12.8. The molecule has 0 unspecified atom stereocenters. The minimum Gasteiger partial charge on any atom is -0.496 e. The zero-order valence-corrected chi connectivity index (χ0v) is 14.3. The predicted molar refractivity (Wildman–Crippen MR) is 112 cm³/mol. The second-order valence-electron chi connectivity index (χ2n) is 7.32. The third-order valence-corrected chi connectivity index (χ3v) is 6.18. The Morgan fingerprint density at radius 1 is 0.462 bits per heavy atom. The van der Waals surface area contributed by atoms with E-state index in [4.69, 9.17) is 4.74 Å². The van der Waals surface area contributed by atoms with Crippen molar-refractivity contribution in [3.05, 3.63) is 66.7 Å². The van der Waals surface area contributed by atoms with Crippen LogP contribution in [0.2, 0.25) is 0 Å². The predicted octanol–water partition coefficient (Wildman–Crippen LogP) is 6.93. The van der Waals surface area contributed by atoms with Gasteiger partial charge in [0.2, 0.25) is 0 Å². The summed E-state index contributed by atoms with van der Waals surface area (Å²) in [5.41, 5.74) is 0. The van der Waals surface area contributed by atoms with E-state index in [1.54, 1.807) is 7.11 Å². The first kappa shape index (κ1) is 13.0. The van der Waals surface area contributed by atoms with Crippen LogP contribution in [0.3, 0.4) is 0 Å².